The maximum atomic E-state index is 12.2. The summed E-state index contributed by atoms with van der Waals surface area (Å²) < 4.78 is 5.19. The third-order valence-corrected chi connectivity index (χ3v) is 4.09. The van der Waals surface area contributed by atoms with Gasteiger partial charge >= 0.3 is 6.03 Å². The van der Waals surface area contributed by atoms with Crippen molar-refractivity contribution >= 4 is 34.9 Å². The number of rotatable bonds is 7. The van der Waals surface area contributed by atoms with Crippen molar-refractivity contribution in [3.05, 3.63) is 53.1 Å². The molecule has 0 heterocycles. The minimum Gasteiger partial charge on any atom is -0.495 e. The summed E-state index contributed by atoms with van der Waals surface area (Å²) >= 11 is 5.95. The van der Waals surface area contributed by atoms with Gasteiger partial charge in [0, 0.05) is 10.7 Å². The largest absolute Gasteiger partial charge is 0.495 e. The highest BCUT2D eigenvalue weighted by Gasteiger charge is 2.19. The van der Waals surface area contributed by atoms with E-state index in [1.807, 2.05) is 0 Å². The Balaban J connectivity index is 1.94. The van der Waals surface area contributed by atoms with Crippen molar-refractivity contribution in [1.82, 2.24) is 5.32 Å². The van der Waals surface area contributed by atoms with Crippen molar-refractivity contribution in [2.75, 3.05) is 24.4 Å². The highest BCUT2D eigenvalue weighted by atomic mass is 35.5. The van der Waals surface area contributed by atoms with Gasteiger partial charge in [-0.3, -0.25) is 4.79 Å². The van der Waals surface area contributed by atoms with Gasteiger partial charge in [-0.05, 0) is 49.7 Å². The van der Waals surface area contributed by atoms with Crippen molar-refractivity contribution < 1.29 is 19.4 Å². The molecule has 0 bridgehead atoms. The standard InChI is InChI=1S/C20H24ClN3O4/c1-20(2,12-25)24-18(26)10-13-4-7-15(8-5-13)22-19(27)23-16-11-14(21)6-9-17(16)28-3/h4-9,11,25H,10,12H2,1-3H3,(H,24,26)(H2,22,23,27). The SMILES string of the molecule is COc1ccc(Cl)cc1NC(=O)Nc1ccc(CC(=O)NC(C)(C)CO)cc1. The highest BCUT2D eigenvalue weighted by Crippen LogP contribution is 2.27. The minimum atomic E-state index is -0.669. The third kappa shape index (κ3) is 6.44. The minimum absolute atomic E-state index is 0.145. The van der Waals surface area contributed by atoms with Crippen molar-refractivity contribution in [2.45, 2.75) is 25.8 Å². The van der Waals surface area contributed by atoms with Gasteiger partial charge < -0.3 is 25.8 Å². The average molecular weight is 406 g/mol. The summed E-state index contributed by atoms with van der Waals surface area (Å²) in [5.41, 5.74) is 1.14. The van der Waals surface area contributed by atoms with E-state index >= 15 is 0 Å². The molecule has 0 saturated carbocycles. The lowest BCUT2D eigenvalue weighted by Gasteiger charge is -2.23. The van der Waals surface area contributed by atoms with Crippen LogP contribution in [0.1, 0.15) is 19.4 Å². The maximum Gasteiger partial charge on any atom is 0.323 e. The topological polar surface area (TPSA) is 99.7 Å². The molecule has 3 amide bonds. The second kappa shape index (κ2) is 9.43. The zero-order chi connectivity index (χ0) is 20.7. The van der Waals surface area contributed by atoms with Crippen LogP contribution in [-0.2, 0) is 11.2 Å². The van der Waals surface area contributed by atoms with E-state index in [0.29, 0.717) is 22.1 Å². The summed E-state index contributed by atoms with van der Waals surface area (Å²) in [6.07, 6.45) is 0.176. The van der Waals surface area contributed by atoms with Crippen LogP contribution < -0.4 is 20.7 Å². The first kappa shape index (κ1) is 21.5. The van der Waals surface area contributed by atoms with E-state index < -0.39 is 11.6 Å². The van der Waals surface area contributed by atoms with Crippen molar-refractivity contribution in [3.63, 3.8) is 0 Å². The second-order valence-electron chi connectivity index (χ2n) is 6.89. The fourth-order valence-corrected chi connectivity index (χ4v) is 2.59. The molecule has 0 spiro atoms. The molecule has 2 aromatic carbocycles. The van der Waals surface area contributed by atoms with Gasteiger partial charge in [0.15, 0.2) is 0 Å². The molecule has 0 radical (unpaired) electrons. The Labute approximate surface area is 169 Å². The number of aliphatic hydroxyl groups is 1. The summed E-state index contributed by atoms with van der Waals surface area (Å²) in [5, 5.41) is 17.8. The molecule has 0 fully saturated rings. The molecule has 28 heavy (non-hydrogen) atoms. The molecule has 0 unspecified atom stereocenters. The number of amides is 3. The van der Waals surface area contributed by atoms with Gasteiger partial charge in [0.1, 0.15) is 5.75 Å². The lowest BCUT2D eigenvalue weighted by atomic mass is 10.1. The number of methoxy groups -OCH3 is 1. The van der Waals surface area contributed by atoms with Crippen LogP contribution in [0, 0.1) is 0 Å². The first-order valence-corrected chi connectivity index (χ1v) is 9.02. The fraction of sp³-hybridized carbons (Fsp3) is 0.300. The van der Waals surface area contributed by atoms with Crippen molar-refractivity contribution in [2.24, 2.45) is 0 Å². The average Bonchev–Trinajstić information content (AvgIpc) is 2.63. The van der Waals surface area contributed by atoms with Crippen molar-refractivity contribution in [3.8, 4) is 5.75 Å². The van der Waals surface area contributed by atoms with Gasteiger partial charge in [0.05, 0.1) is 31.4 Å². The van der Waals surface area contributed by atoms with E-state index in [0.717, 1.165) is 5.56 Å². The van der Waals surface area contributed by atoms with Crippen LogP contribution in [0.3, 0.4) is 0 Å². The number of hydrogen-bond acceptors (Lipinski definition) is 4. The lowest BCUT2D eigenvalue weighted by molar-refractivity contribution is -0.122. The predicted octanol–water partition coefficient (Wildman–Crippen LogP) is 3.42. The first-order valence-electron chi connectivity index (χ1n) is 8.65. The Hall–Kier alpha value is -2.77. The van der Waals surface area contributed by atoms with Crippen LogP contribution >= 0.6 is 11.6 Å². The molecule has 8 heteroatoms. The van der Waals surface area contributed by atoms with Gasteiger partial charge in [-0.2, -0.15) is 0 Å². The molecule has 0 aliphatic rings. The van der Waals surface area contributed by atoms with Crippen LogP contribution in [0.15, 0.2) is 42.5 Å². The van der Waals surface area contributed by atoms with Gasteiger partial charge in [0.2, 0.25) is 5.91 Å². The molecule has 2 rings (SSSR count). The molecule has 150 valence electrons. The molecule has 2 aromatic rings. The summed E-state index contributed by atoms with van der Waals surface area (Å²) in [4.78, 5) is 24.2. The smallest absolute Gasteiger partial charge is 0.323 e. The molecular formula is C20H24ClN3O4. The lowest BCUT2D eigenvalue weighted by Crippen LogP contribution is -2.46. The normalized spacial score (nSPS) is 10.9. The van der Waals surface area contributed by atoms with Crippen LogP contribution in [0.4, 0.5) is 16.2 Å². The van der Waals surface area contributed by atoms with Crippen LogP contribution in [0.5, 0.6) is 5.75 Å². The number of benzene rings is 2. The zero-order valence-electron chi connectivity index (χ0n) is 16.0. The fourth-order valence-electron chi connectivity index (χ4n) is 2.42. The number of urea groups is 1. The van der Waals surface area contributed by atoms with Crippen LogP contribution in [-0.4, -0.2) is 36.3 Å². The number of carbonyl (C=O) groups excluding carboxylic acids is 2. The quantitative estimate of drug-likeness (QED) is 0.567. The molecular weight excluding hydrogens is 382 g/mol. The number of ether oxygens (including phenoxy) is 1. The molecule has 7 nitrogen and oxygen atoms in total. The number of halogens is 1. The molecule has 0 atom stereocenters. The van der Waals surface area contributed by atoms with Gasteiger partial charge in [-0.15, -0.1) is 0 Å². The Morgan fingerprint density at radius 3 is 2.39 bits per heavy atom. The Morgan fingerprint density at radius 2 is 1.79 bits per heavy atom. The Morgan fingerprint density at radius 1 is 1.11 bits per heavy atom. The third-order valence-electron chi connectivity index (χ3n) is 3.86. The van der Waals surface area contributed by atoms with E-state index in [-0.39, 0.29) is 18.9 Å². The number of hydrogen-bond donors (Lipinski definition) is 4. The van der Waals surface area contributed by atoms with Crippen molar-refractivity contribution in [1.29, 1.82) is 0 Å². The van der Waals surface area contributed by atoms with Gasteiger partial charge in [0.25, 0.3) is 0 Å². The van der Waals surface area contributed by atoms with E-state index in [1.54, 1.807) is 56.3 Å². The highest BCUT2D eigenvalue weighted by molar-refractivity contribution is 6.31. The second-order valence-corrected chi connectivity index (χ2v) is 7.32. The summed E-state index contributed by atoms with van der Waals surface area (Å²) in [5.74, 6) is 0.303. The monoisotopic (exact) mass is 405 g/mol. The number of carbonyl (C=O) groups is 2. The molecule has 0 aliphatic heterocycles. The number of anilines is 2. The van der Waals surface area contributed by atoms with E-state index in [9.17, 15) is 14.7 Å². The molecule has 0 aromatic heterocycles. The first-order chi connectivity index (χ1) is 13.2. The Kier molecular flexibility index (Phi) is 7.25. The van der Waals surface area contributed by atoms with Gasteiger partial charge in [-0.1, -0.05) is 23.7 Å². The van der Waals surface area contributed by atoms with E-state index in [2.05, 4.69) is 16.0 Å². The number of nitrogens with one attached hydrogen (secondary N) is 3. The van der Waals surface area contributed by atoms with E-state index in [1.165, 1.54) is 7.11 Å². The molecule has 0 saturated heterocycles. The van der Waals surface area contributed by atoms with E-state index in [4.69, 9.17) is 16.3 Å². The maximum absolute atomic E-state index is 12.2. The molecule has 0 aliphatic carbocycles. The summed E-state index contributed by atoms with van der Waals surface area (Å²) in [6, 6.07) is 11.4. The molecule has 4 N–H and O–H groups in total. The summed E-state index contributed by atoms with van der Waals surface area (Å²) in [7, 11) is 1.50. The predicted molar refractivity (Wildman–Crippen MR) is 110 cm³/mol. The zero-order valence-corrected chi connectivity index (χ0v) is 16.8. The van der Waals surface area contributed by atoms with Gasteiger partial charge in [-0.25, -0.2) is 4.79 Å². The summed E-state index contributed by atoms with van der Waals surface area (Å²) in [6.45, 7) is 3.34. The number of aliphatic hydroxyl groups excluding tert-OH is 1. The van der Waals surface area contributed by atoms with Crippen LogP contribution in [0.2, 0.25) is 5.02 Å². The van der Waals surface area contributed by atoms with Crippen LogP contribution in [0.25, 0.3) is 0 Å². The Bertz CT molecular complexity index is 838.